The Morgan fingerprint density at radius 3 is 2.57 bits per heavy atom. The molecule has 0 radical (unpaired) electrons. The van der Waals surface area contributed by atoms with Crippen molar-refractivity contribution in [2.45, 2.75) is 20.4 Å². The third kappa shape index (κ3) is 3.91. The van der Waals surface area contributed by atoms with Gasteiger partial charge in [-0.05, 0) is 71.7 Å². The molecule has 0 fully saturated rings. The number of amides is 1. The monoisotopic (exact) mass is 440 g/mol. The minimum atomic E-state index is -0.317. The number of hydrogen-bond donors (Lipinski definition) is 1. The van der Waals surface area contributed by atoms with Crippen LogP contribution in [0.4, 0.5) is 5.69 Å². The fourth-order valence-electron chi connectivity index (χ4n) is 2.73. The highest BCUT2D eigenvalue weighted by Gasteiger charge is 2.14. The molecule has 4 rings (SSSR count). The predicted molar refractivity (Wildman–Crippen MR) is 107 cm³/mol. The molecule has 0 saturated heterocycles. The van der Waals surface area contributed by atoms with Crippen LogP contribution in [0.3, 0.4) is 0 Å². The van der Waals surface area contributed by atoms with Gasteiger partial charge in [-0.1, -0.05) is 0 Å². The van der Waals surface area contributed by atoms with Crippen molar-refractivity contribution in [1.82, 2.24) is 14.8 Å². The largest absolute Gasteiger partial charge is 0.444 e. The molecule has 0 aliphatic heterocycles. The van der Waals surface area contributed by atoms with E-state index in [0.29, 0.717) is 22.8 Å². The minimum absolute atomic E-state index is 0.234. The Morgan fingerprint density at radius 2 is 1.93 bits per heavy atom. The number of furan rings is 1. The molecule has 0 spiro atoms. The molecule has 4 aromatic rings. The molecular weight excluding hydrogens is 424 g/mol. The Bertz CT molecular complexity index is 1120. The number of aryl methyl sites for hydroxylation is 2. The van der Waals surface area contributed by atoms with E-state index >= 15 is 0 Å². The number of nitrogens with one attached hydrogen (secondary N) is 1. The Balaban J connectivity index is 1.48. The van der Waals surface area contributed by atoms with Gasteiger partial charge in [0, 0.05) is 17.4 Å². The van der Waals surface area contributed by atoms with Crippen molar-refractivity contribution in [1.29, 1.82) is 0 Å². The molecule has 3 aromatic heterocycles. The Morgan fingerprint density at radius 1 is 1.14 bits per heavy atom. The summed E-state index contributed by atoms with van der Waals surface area (Å²) in [5, 5.41) is 7.07. The molecule has 0 bridgehead atoms. The molecule has 0 aliphatic rings. The van der Waals surface area contributed by atoms with Crippen LogP contribution in [0.1, 0.15) is 27.6 Å². The molecule has 1 aromatic carbocycles. The van der Waals surface area contributed by atoms with Crippen LogP contribution in [0, 0.1) is 13.8 Å². The summed E-state index contributed by atoms with van der Waals surface area (Å²) in [4.78, 5) is 16.7. The van der Waals surface area contributed by atoms with Crippen molar-refractivity contribution < 1.29 is 13.6 Å². The third-order valence-corrected chi connectivity index (χ3v) is 4.58. The summed E-state index contributed by atoms with van der Waals surface area (Å²) in [7, 11) is 0. The summed E-state index contributed by atoms with van der Waals surface area (Å²) < 4.78 is 13.4. The van der Waals surface area contributed by atoms with E-state index in [0.717, 1.165) is 22.6 Å². The van der Waals surface area contributed by atoms with E-state index in [9.17, 15) is 4.79 Å². The number of oxazole rings is 1. The number of aromatic nitrogens is 3. The summed E-state index contributed by atoms with van der Waals surface area (Å²) in [5.74, 6) is 1.20. The molecule has 3 heterocycles. The predicted octanol–water partition coefficient (Wildman–Crippen LogP) is 4.81. The summed E-state index contributed by atoms with van der Waals surface area (Å²) in [6.45, 7) is 4.43. The highest BCUT2D eigenvalue weighted by molar-refractivity contribution is 9.10. The van der Waals surface area contributed by atoms with Crippen LogP contribution in [-0.2, 0) is 6.54 Å². The molecule has 0 aliphatic carbocycles. The maximum atomic E-state index is 12.1. The summed E-state index contributed by atoms with van der Waals surface area (Å²) in [5.41, 5.74) is 3.40. The van der Waals surface area contributed by atoms with E-state index in [-0.39, 0.29) is 11.7 Å². The first kappa shape index (κ1) is 18.2. The fraction of sp³-hybridized carbons (Fsp3) is 0.150. The lowest BCUT2D eigenvalue weighted by molar-refractivity contribution is 0.0995. The lowest BCUT2D eigenvalue weighted by Crippen LogP contribution is -2.10. The van der Waals surface area contributed by atoms with E-state index in [1.54, 1.807) is 24.3 Å². The van der Waals surface area contributed by atoms with E-state index in [1.807, 2.05) is 43.1 Å². The fourth-order valence-corrected chi connectivity index (χ4v) is 3.04. The number of rotatable bonds is 5. The highest BCUT2D eigenvalue weighted by atomic mass is 79.9. The highest BCUT2D eigenvalue weighted by Crippen LogP contribution is 2.24. The van der Waals surface area contributed by atoms with E-state index < -0.39 is 0 Å². The lowest BCUT2D eigenvalue weighted by Gasteiger charge is -2.03. The van der Waals surface area contributed by atoms with Gasteiger partial charge in [0.25, 0.3) is 5.91 Å². The summed E-state index contributed by atoms with van der Waals surface area (Å²) in [6.07, 6.45) is 3.77. The van der Waals surface area contributed by atoms with Crippen molar-refractivity contribution >= 4 is 27.5 Å². The van der Waals surface area contributed by atoms with Crippen LogP contribution in [0.2, 0.25) is 0 Å². The van der Waals surface area contributed by atoms with Crippen molar-refractivity contribution in [3.05, 3.63) is 76.2 Å². The van der Waals surface area contributed by atoms with E-state index in [1.165, 1.54) is 0 Å². The molecule has 142 valence electrons. The second kappa shape index (κ2) is 7.47. The first-order valence-corrected chi connectivity index (χ1v) is 9.40. The van der Waals surface area contributed by atoms with Gasteiger partial charge in [-0.15, -0.1) is 0 Å². The van der Waals surface area contributed by atoms with Gasteiger partial charge >= 0.3 is 0 Å². The topological polar surface area (TPSA) is 86.1 Å². The van der Waals surface area contributed by atoms with E-state index in [2.05, 4.69) is 31.3 Å². The van der Waals surface area contributed by atoms with Crippen molar-refractivity contribution in [3.63, 3.8) is 0 Å². The molecule has 8 heteroatoms. The zero-order valence-electron chi connectivity index (χ0n) is 15.3. The van der Waals surface area contributed by atoms with Gasteiger partial charge in [-0.3, -0.25) is 9.48 Å². The Labute approximate surface area is 169 Å². The molecule has 0 saturated carbocycles. The summed E-state index contributed by atoms with van der Waals surface area (Å²) in [6, 6.07) is 10.6. The molecular formula is C20H17BrN4O3. The van der Waals surface area contributed by atoms with Gasteiger partial charge in [-0.25, -0.2) is 4.98 Å². The van der Waals surface area contributed by atoms with Crippen molar-refractivity contribution in [3.8, 4) is 11.5 Å². The van der Waals surface area contributed by atoms with Crippen LogP contribution >= 0.6 is 15.9 Å². The van der Waals surface area contributed by atoms with Crippen LogP contribution in [0.25, 0.3) is 11.5 Å². The van der Waals surface area contributed by atoms with Crippen molar-refractivity contribution in [2.75, 3.05) is 5.32 Å². The third-order valence-electron chi connectivity index (χ3n) is 4.15. The average molecular weight is 441 g/mol. The zero-order chi connectivity index (χ0) is 19.7. The minimum Gasteiger partial charge on any atom is -0.444 e. The van der Waals surface area contributed by atoms with Crippen LogP contribution in [0.15, 0.2) is 62.3 Å². The number of nitrogens with zero attached hydrogens (tertiary/aromatic N) is 3. The number of anilines is 1. The molecule has 28 heavy (non-hydrogen) atoms. The lowest BCUT2D eigenvalue weighted by atomic mass is 10.2. The van der Waals surface area contributed by atoms with Gasteiger partial charge < -0.3 is 14.2 Å². The van der Waals surface area contributed by atoms with Crippen molar-refractivity contribution in [2.24, 2.45) is 0 Å². The average Bonchev–Trinajstić information content (AvgIpc) is 3.37. The summed E-state index contributed by atoms with van der Waals surface area (Å²) >= 11 is 3.18. The number of benzene rings is 1. The second-order valence-electron chi connectivity index (χ2n) is 6.37. The number of halogens is 1. The van der Waals surface area contributed by atoms with Gasteiger partial charge in [0.2, 0.25) is 5.89 Å². The number of hydrogen-bond acceptors (Lipinski definition) is 5. The second-order valence-corrected chi connectivity index (χ2v) is 7.15. The smallest absolute Gasteiger partial charge is 0.291 e. The van der Waals surface area contributed by atoms with Crippen LogP contribution in [-0.4, -0.2) is 20.7 Å². The van der Waals surface area contributed by atoms with Gasteiger partial charge in [-0.2, -0.15) is 5.10 Å². The van der Waals surface area contributed by atoms with Gasteiger partial charge in [0.05, 0.1) is 12.7 Å². The molecule has 0 atom stereocenters. The number of carbonyl (C=O) groups excluding carboxylic acids is 1. The molecule has 1 amide bonds. The maximum Gasteiger partial charge on any atom is 0.291 e. The SMILES string of the molecule is Cc1cnn(Cc2nc(-c3ccc(NC(=O)c4ccc(Br)o4)cc3)oc2C)c1. The van der Waals surface area contributed by atoms with Gasteiger partial charge in [0.1, 0.15) is 11.5 Å². The van der Waals surface area contributed by atoms with E-state index in [4.69, 9.17) is 8.83 Å². The maximum absolute atomic E-state index is 12.1. The molecule has 7 nitrogen and oxygen atoms in total. The molecule has 0 unspecified atom stereocenters. The Hall–Kier alpha value is -3.13. The van der Waals surface area contributed by atoms with Gasteiger partial charge in [0.15, 0.2) is 10.4 Å². The quantitative estimate of drug-likeness (QED) is 0.480. The number of carbonyl (C=O) groups is 1. The van der Waals surface area contributed by atoms with Crippen LogP contribution in [0.5, 0.6) is 0 Å². The zero-order valence-corrected chi connectivity index (χ0v) is 16.9. The first-order valence-electron chi connectivity index (χ1n) is 8.60. The first-order chi connectivity index (χ1) is 13.5. The van der Waals surface area contributed by atoms with Crippen LogP contribution < -0.4 is 5.32 Å². The normalized spacial score (nSPS) is 11.0. The standard InChI is InChI=1S/C20H17BrN4O3/c1-12-9-22-25(10-12)11-16-13(2)27-20(24-16)14-3-5-15(6-4-14)23-19(26)17-7-8-18(21)28-17/h3-10H,11H2,1-2H3,(H,23,26). The Kier molecular flexibility index (Phi) is 4.87. The molecule has 1 N–H and O–H groups in total.